The third kappa shape index (κ3) is 3.30. The maximum absolute atomic E-state index is 13.5. The average Bonchev–Trinajstić information content (AvgIpc) is 2.99. The summed E-state index contributed by atoms with van der Waals surface area (Å²) in [6, 6.07) is 16.6. The van der Waals surface area contributed by atoms with E-state index in [0.717, 1.165) is 11.1 Å². The zero-order valence-electron chi connectivity index (χ0n) is 16.4. The van der Waals surface area contributed by atoms with Crippen LogP contribution in [0.2, 0.25) is 5.02 Å². The Bertz CT molecular complexity index is 1150. The van der Waals surface area contributed by atoms with Crippen LogP contribution in [0.15, 0.2) is 72.0 Å². The predicted octanol–water partition coefficient (Wildman–Crippen LogP) is 4.09. The van der Waals surface area contributed by atoms with Gasteiger partial charge in [-0.25, -0.2) is 4.99 Å². The van der Waals surface area contributed by atoms with Crippen LogP contribution >= 0.6 is 23.6 Å². The van der Waals surface area contributed by atoms with Gasteiger partial charge in [0.25, 0.3) is 5.91 Å². The Morgan fingerprint density at radius 3 is 2.53 bits per heavy atom. The Balaban J connectivity index is 1.93. The highest BCUT2D eigenvalue weighted by molar-refractivity contribution is 7.94. The Morgan fingerprint density at radius 2 is 1.87 bits per heavy atom. The summed E-state index contributed by atoms with van der Waals surface area (Å²) in [4.78, 5) is 23.6. The van der Waals surface area contributed by atoms with Crippen molar-refractivity contribution in [1.29, 1.82) is 0 Å². The van der Waals surface area contributed by atoms with E-state index >= 15 is 0 Å². The highest BCUT2D eigenvalue weighted by Gasteiger charge is 2.49. The average molecular weight is 439 g/mol. The molecule has 0 aliphatic carbocycles. The summed E-state index contributed by atoms with van der Waals surface area (Å²) in [5, 5.41) is 0.574. The van der Waals surface area contributed by atoms with E-state index in [-0.39, 0.29) is 11.9 Å². The topological polar surface area (TPSA) is 80.8 Å². The van der Waals surface area contributed by atoms with Gasteiger partial charge >= 0.3 is 0 Å². The van der Waals surface area contributed by atoms with Crippen molar-refractivity contribution < 1.29 is 8.98 Å². The number of nitrogens with two attached hydrogens (primary N) is 1. The molecule has 30 heavy (non-hydrogen) atoms. The summed E-state index contributed by atoms with van der Waals surface area (Å²) in [6.45, 7) is 0. The summed E-state index contributed by atoms with van der Waals surface area (Å²) >= 11 is 7.60. The quantitative estimate of drug-likeness (QED) is 0.607. The number of halogens is 1. The number of hydrogen-bond donors (Lipinski definition) is 1. The summed E-state index contributed by atoms with van der Waals surface area (Å²) in [6.07, 6.45) is 5.16. The molecule has 0 fully saturated rings. The molecule has 0 spiro atoms. The molecule has 3 aromatic rings. The number of rotatable bonds is 5. The summed E-state index contributed by atoms with van der Waals surface area (Å²) in [7, 11) is 1.62. The van der Waals surface area contributed by atoms with E-state index in [1.54, 1.807) is 25.5 Å². The van der Waals surface area contributed by atoms with Gasteiger partial charge in [0.05, 0.1) is 17.1 Å². The number of likely N-dealkylation sites (N-methyl/N-ethyl adjacent to an activating group) is 1. The van der Waals surface area contributed by atoms with Gasteiger partial charge in [0.2, 0.25) is 0 Å². The van der Waals surface area contributed by atoms with Gasteiger partial charge in [-0.15, -0.1) is 0 Å². The lowest BCUT2D eigenvalue weighted by molar-refractivity contribution is -0.129. The maximum Gasteiger partial charge on any atom is 0.266 e. The van der Waals surface area contributed by atoms with Gasteiger partial charge in [-0.1, -0.05) is 41.9 Å². The second-order valence-corrected chi connectivity index (χ2v) is 7.67. The first-order valence-corrected chi connectivity index (χ1v) is 10.7. The second kappa shape index (κ2) is 8.01. The molecule has 2 aromatic carbocycles. The van der Waals surface area contributed by atoms with E-state index in [2.05, 4.69) is 9.98 Å². The minimum Gasteiger partial charge on any atom is -0.426 e. The smallest absolute Gasteiger partial charge is 0.266 e. The third-order valence-corrected chi connectivity index (χ3v) is 5.72. The van der Waals surface area contributed by atoms with E-state index < -0.39 is 5.54 Å². The summed E-state index contributed by atoms with van der Waals surface area (Å²) < 4.78 is 5.57. The number of aliphatic imine (C=N–C) groups is 1. The Kier molecular flexibility index (Phi) is 5.40. The Labute approximate surface area is 183 Å². The van der Waals surface area contributed by atoms with E-state index in [1.807, 2.05) is 54.8 Å². The van der Waals surface area contributed by atoms with E-state index in [0.29, 0.717) is 21.9 Å². The molecule has 152 valence electrons. The fourth-order valence-electron chi connectivity index (χ4n) is 3.56. The van der Waals surface area contributed by atoms with Crippen LogP contribution in [-0.4, -0.2) is 35.1 Å². The SMILES string of the molecule is CSOc1cccc(C2(c3cccc(-c4cnccc4Cl)c3)N=C(N)N(C)C2=O)c1. The molecule has 1 amide bonds. The number of benzene rings is 2. The number of carbonyl (C=O) groups excluding carboxylic acids is 1. The fourth-order valence-corrected chi connectivity index (χ4v) is 4.07. The van der Waals surface area contributed by atoms with Crippen molar-refractivity contribution in [3.05, 3.63) is 83.1 Å². The minimum atomic E-state index is -1.32. The first kappa shape index (κ1) is 20.3. The summed E-state index contributed by atoms with van der Waals surface area (Å²) in [5.41, 5.74) is 7.71. The van der Waals surface area contributed by atoms with Crippen molar-refractivity contribution >= 4 is 35.5 Å². The zero-order chi connectivity index (χ0) is 21.3. The normalized spacial score (nSPS) is 18.4. The van der Waals surface area contributed by atoms with Gasteiger partial charge in [-0.05, 0) is 41.0 Å². The van der Waals surface area contributed by atoms with Crippen LogP contribution in [0.4, 0.5) is 0 Å². The van der Waals surface area contributed by atoms with Crippen LogP contribution in [0, 0.1) is 0 Å². The highest BCUT2D eigenvalue weighted by atomic mass is 35.5. The van der Waals surface area contributed by atoms with Crippen LogP contribution in [0.5, 0.6) is 5.75 Å². The van der Waals surface area contributed by atoms with Crippen molar-refractivity contribution in [3.63, 3.8) is 0 Å². The van der Waals surface area contributed by atoms with Crippen molar-refractivity contribution in [1.82, 2.24) is 9.88 Å². The number of amides is 1. The number of pyridine rings is 1. The molecule has 1 aliphatic heterocycles. The maximum atomic E-state index is 13.5. The molecule has 2 N–H and O–H groups in total. The molecular formula is C22H19ClN4O2S. The lowest BCUT2D eigenvalue weighted by Gasteiger charge is -2.27. The molecule has 4 rings (SSSR count). The Morgan fingerprint density at radius 1 is 1.13 bits per heavy atom. The number of aromatic nitrogens is 1. The monoisotopic (exact) mass is 438 g/mol. The van der Waals surface area contributed by atoms with Crippen LogP contribution in [0.1, 0.15) is 11.1 Å². The number of nitrogens with zero attached hydrogens (tertiary/aromatic N) is 3. The number of guanidine groups is 1. The van der Waals surface area contributed by atoms with Gasteiger partial charge in [0, 0.05) is 31.3 Å². The summed E-state index contributed by atoms with van der Waals surface area (Å²) in [5.74, 6) is 0.540. The van der Waals surface area contributed by atoms with E-state index in [1.165, 1.54) is 16.9 Å². The minimum absolute atomic E-state index is 0.154. The molecular weight excluding hydrogens is 420 g/mol. The lowest BCUT2D eigenvalue weighted by Crippen LogP contribution is -2.41. The number of hydrogen-bond acceptors (Lipinski definition) is 6. The number of carbonyl (C=O) groups is 1. The molecule has 1 aromatic heterocycles. The van der Waals surface area contributed by atoms with Crippen molar-refractivity contribution in [2.45, 2.75) is 5.54 Å². The molecule has 0 bridgehead atoms. The van der Waals surface area contributed by atoms with Crippen molar-refractivity contribution in [2.24, 2.45) is 10.7 Å². The largest absolute Gasteiger partial charge is 0.426 e. The van der Waals surface area contributed by atoms with E-state index in [4.69, 9.17) is 21.5 Å². The van der Waals surface area contributed by atoms with Gasteiger partial charge in [-0.2, -0.15) is 0 Å². The molecule has 0 saturated carbocycles. The molecule has 2 heterocycles. The molecule has 1 aliphatic rings. The lowest BCUT2D eigenvalue weighted by atomic mass is 9.81. The third-order valence-electron chi connectivity index (χ3n) is 5.03. The molecule has 0 radical (unpaired) electrons. The molecule has 6 nitrogen and oxygen atoms in total. The van der Waals surface area contributed by atoms with Crippen LogP contribution in [-0.2, 0) is 10.3 Å². The van der Waals surface area contributed by atoms with Gasteiger partial charge in [-0.3, -0.25) is 14.7 Å². The standard InChI is InChI=1S/C22H19ClN4O2S/c1-27-20(28)22(26-21(27)24,16-7-4-8-17(12-16)29-30-2)15-6-3-5-14(11-15)18-13-25-10-9-19(18)23/h3-13H,1-2H3,(H2,24,26). The van der Waals surface area contributed by atoms with Crippen LogP contribution in [0.25, 0.3) is 11.1 Å². The fraction of sp³-hybridized carbons (Fsp3) is 0.136. The molecule has 8 heteroatoms. The second-order valence-electron chi connectivity index (χ2n) is 6.76. The van der Waals surface area contributed by atoms with Gasteiger partial charge < -0.3 is 9.92 Å². The van der Waals surface area contributed by atoms with Gasteiger partial charge in [0.15, 0.2) is 11.5 Å². The van der Waals surface area contributed by atoms with Crippen LogP contribution in [0.3, 0.4) is 0 Å². The first-order valence-electron chi connectivity index (χ1n) is 9.12. The Hall–Kier alpha value is -3.03. The zero-order valence-corrected chi connectivity index (χ0v) is 17.9. The van der Waals surface area contributed by atoms with E-state index in [9.17, 15) is 4.79 Å². The van der Waals surface area contributed by atoms with Crippen molar-refractivity contribution in [2.75, 3.05) is 13.3 Å². The molecule has 1 unspecified atom stereocenters. The highest BCUT2D eigenvalue weighted by Crippen LogP contribution is 2.42. The molecule has 1 atom stereocenters. The van der Waals surface area contributed by atoms with Crippen LogP contribution < -0.4 is 9.92 Å². The first-order chi connectivity index (χ1) is 14.5. The van der Waals surface area contributed by atoms with Crippen molar-refractivity contribution in [3.8, 4) is 16.9 Å². The molecule has 0 saturated heterocycles. The van der Waals surface area contributed by atoms with Gasteiger partial charge in [0.1, 0.15) is 5.75 Å². The predicted molar refractivity (Wildman–Crippen MR) is 120 cm³/mol.